The monoisotopic (exact) mass is 373 g/mol. The first-order valence-electron chi connectivity index (χ1n) is 1.67. The van der Waals surface area contributed by atoms with Crippen molar-refractivity contribution in [2.24, 2.45) is 0 Å². The molecule has 0 aromatic rings. The molecule has 0 aliphatic carbocycles. The molecule has 2 atom stereocenters. The molecular weight excluding hydrogens is 371 g/mol. The third-order valence-electron chi connectivity index (χ3n) is 0.450. The van der Waals surface area contributed by atoms with E-state index in [-0.39, 0.29) is 50.8 Å². The molecule has 55 valence electrons. The van der Waals surface area contributed by atoms with E-state index in [0.29, 0.717) is 0 Å². The van der Waals surface area contributed by atoms with Crippen molar-refractivity contribution in [3.63, 3.8) is 0 Å². The molecule has 1 rings (SSSR count). The average molecular weight is 373 g/mol. The van der Waals surface area contributed by atoms with Gasteiger partial charge in [0.1, 0.15) is 0 Å². The van der Waals surface area contributed by atoms with Crippen LogP contribution in [0.15, 0.2) is 0 Å². The predicted octanol–water partition coefficient (Wildman–Crippen LogP) is 0.939. The molecule has 0 spiro atoms. The molecule has 10 heavy (non-hydrogen) atoms. The maximum atomic E-state index is 10.1. The summed E-state index contributed by atoms with van der Waals surface area (Å²) in [6, 6.07) is 0. The van der Waals surface area contributed by atoms with Crippen LogP contribution in [0.2, 0.25) is 0 Å². The molecule has 5 radical (unpaired) electrons. The van der Waals surface area contributed by atoms with Crippen molar-refractivity contribution in [1.29, 1.82) is 0 Å². The van der Waals surface area contributed by atoms with E-state index in [1.165, 1.54) is 0 Å². The van der Waals surface area contributed by atoms with Crippen molar-refractivity contribution in [2.75, 3.05) is 6.79 Å². The molecule has 0 bridgehead atoms. The zero-order valence-electron chi connectivity index (χ0n) is 4.52. The van der Waals surface area contributed by atoms with Crippen LogP contribution < -0.4 is 0 Å². The molecule has 0 amide bonds. The standard InChI is InChI=1S/CH2O5P2.Sn.Tc/c2-7-4-1-5-8(3)6-7;;/h1H2;;/q+2;;. The molecule has 9 heteroatoms. The minimum absolute atomic E-state index is 0. The van der Waals surface area contributed by atoms with Gasteiger partial charge in [0.2, 0.25) is 0 Å². The van der Waals surface area contributed by atoms with Crippen molar-refractivity contribution in [1.82, 2.24) is 0 Å². The summed E-state index contributed by atoms with van der Waals surface area (Å²) >= 11 is 0. The van der Waals surface area contributed by atoms with Gasteiger partial charge in [-0.2, -0.15) is 0 Å². The van der Waals surface area contributed by atoms with Crippen LogP contribution in [0, 0.1) is 0 Å². The molecular formula is CH2O5P2SnTc+2. The summed E-state index contributed by atoms with van der Waals surface area (Å²) in [5.41, 5.74) is 0. The Morgan fingerprint density at radius 2 is 1.50 bits per heavy atom. The molecule has 1 heterocycles. The Morgan fingerprint density at radius 3 is 1.70 bits per heavy atom. The fourth-order valence-corrected chi connectivity index (χ4v) is 1.38. The SMILES string of the molecule is O=[P+]1OCO[P+](=O)O1.[Sn].[Tc]. The van der Waals surface area contributed by atoms with Crippen LogP contribution in [0.3, 0.4) is 0 Å². The number of hydrogen-bond acceptors (Lipinski definition) is 5. The molecule has 1 aliphatic heterocycles. The van der Waals surface area contributed by atoms with Crippen molar-refractivity contribution in [2.45, 2.75) is 0 Å². The quantitative estimate of drug-likeness (QED) is 0.468. The molecule has 2 unspecified atom stereocenters. The maximum absolute atomic E-state index is 10.1. The van der Waals surface area contributed by atoms with Crippen LogP contribution in [0.4, 0.5) is 0 Å². The summed E-state index contributed by atoms with van der Waals surface area (Å²) in [6.07, 6.45) is 0. The van der Waals surface area contributed by atoms with Gasteiger partial charge >= 0.3 is 16.5 Å². The topological polar surface area (TPSA) is 61.8 Å². The van der Waals surface area contributed by atoms with Gasteiger partial charge in [-0.1, -0.05) is 9.05 Å². The summed E-state index contributed by atoms with van der Waals surface area (Å²) < 4.78 is 32.7. The summed E-state index contributed by atoms with van der Waals surface area (Å²) in [5.74, 6) is 0. The minimum atomic E-state index is -2.19. The Labute approximate surface area is 89.4 Å². The first-order valence-corrected chi connectivity index (χ1v) is 3.86. The summed E-state index contributed by atoms with van der Waals surface area (Å²) in [7, 11) is -4.38. The van der Waals surface area contributed by atoms with E-state index in [1.807, 2.05) is 0 Å². The molecule has 5 nitrogen and oxygen atoms in total. The van der Waals surface area contributed by atoms with Crippen LogP contribution in [0.25, 0.3) is 0 Å². The molecule has 0 saturated carbocycles. The van der Waals surface area contributed by atoms with Crippen molar-refractivity contribution >= 4 is 40.4 Å². The molecule has 1 aliphatic rings. The molecule has 0 aromatic carbocycles. The van der Waals surface area contributed by atoms with Crippen LogP contribution >= 0.6 is 16.5 Å². The predicted molar refractivity (Wildman–Crippen MR) is 29.1 cm³/mol. The molecule has 1 saturated heterocycles. The van der Waals surface area contributed by atoms with Crippen molar-refractivity contribution in [3.05, 3.63) is 0 Å². The van der Waals surface area contributed by atoms with E-state index in [4.69, 9.17) is 0 Å². The van der Waals surface area contributed by atoms with Gasteiger partial charge in [0, 0.05) is 53.1 Å². The van der Waals surface area contributed by atoms with Gasteiger partial charge in [-0.15, -0.1) is 0 Å². The fourth-order valence-electron chi connectivity index (χ4n) is 0.211. The van der Waals surface area contributed by atoms with Gasteiger partial charge < -0.3 is 0 Å². The van der Waals surface area contributed by atoms with Gasteiger partial charge in [-0.25, -0.2) is 0 Å². The van der Waals surface area contributed by atoms with Crippen molar-refractivity contribution in [3.8, 4) is 0 Å². The second kappa shape index (κ2) is 7.19. The van der Waals surface area contributed by atoms with E-state index < -0.39 is 16.5 Å². The van der Waals surface area contributed by atoms with E-state index in [0.717, 1.165) is 0 Å². The van der Waals surface area contributed by atoms with Gasteiger partial charge in [-0.3, -0.25) is 0 Å². The number of hydrogen-bond donors (Lipinski definition) is 0. The van der Waals surface area contributed by atoms with Gasteiger partial charge in [0.05, 0.1) is 0 Å². The Balaban J connectivity index is 0. The van der Waals surface area contributed by atoms with Crippen LogP contribution in [0.5, 0.6) is 0 Å². The van der Waals surface area contributed by atoms with Crippen LogP contribution in [-0.2, 0) is 42.6 Å². The Hall–Kier alpha value is 1.53. The second-order valence-electron chi connectivity index (χ2n) is 0.905. The maximum Gasteiger partial charge on any atom is 0.750 e. The Morgan fingerprint density at radius 1 is 1.10 bits per heavy atom. The van der Waals surface area contributed by atoms with Crippen LogP contribution in [0.1, 0.15) is 0 Å². The second-order valence-corrected chi connectivity index (χ2v) is 2.97. The van der Waals surface area contributed by atoms with E-state index in [2.05, 4.69) is 13.4 Å². The fraction of sp³-hybridized carbons (Fsp3) is 1.00. The zero-order valence-corrected chi connectivity index (χ0v) is 11.0. The zero-order chi connectivity index (χ0) is 5.98. The minimum Gasteiger partial charge on any atom is -0.0822 e. The third-order valence-corrected chi connectivity index (χ3v) is 2.15. The Kier molecular flexibility index (Phi) is 10.1. The van der Waals surface area contributed by atoms with Crippen molar-refractivity contribution < 1.29 is 42.6 Å². The van der Waals surface area contributed by atoms with Crippen LogP contribution in [-0.4, -0.2) is 30.7 Å². The molecule has 1 fully saturated rings. The van der Waals surface area contributed by atoms with Gasteiger partial charge in [-0.05, 0) is 0 Å². The van der Waals surface area contributed by atoms with Gasteiger partial charge in [0.15, 0.2) is 4.31 Å². The van der Waals surface area contributed by atoms with Gasteiger partial charge in [0.25, 0.3) is 6.79 Å². The summed E-state index contributed by atoms with van der Waals surface area (Å²) in [4.78, 5) is 0. The largest absolute Gasteiger partial charge is 0.750 e. The normalized spacial score (nSPS) is 24.4. The van der Waals surface area contributed by atoms with E-state index >= 15 is 0 Å². The van der Waals surface area contributed by atoms with E-state index in [1.54, 1.807) is 0 Å². The third kappa shape index (κ3) is 5.21. The first kappa shape index (κ1) is 14.1. The molecule has 0 aromatic heterocycles. The Bertz CT molecular complexity index is 126. The summed E-state index contributed by atoms with van der Waals surface area (Å²) in [6.45, 7) is -0.218. The first-order chi connectivity index (χ1) is 3.79. The number of rotatable bonds is 0. The molecule has 0 N–H and O–H groups in total. The summed E-state index contributed by atoms with van der Waals surface area (Å²) in [5, 5.41) is 0. The van der Waals surface area contributed by atoms with E-state index in [9.17, 15) is 9.13 Å². The smallest absolute Gasteiger partial charge is 0.0822 e. The average Bonchev–Trinajstić information content (AvgIpc) is 1.64.